The second kappa shape index (κ2) is 9.49. The van der Waals surface area contributed by atoms with Gasteiger partial charge in [-0.2, -0.15) is 0 Å². The fraction of sp³-hybridized carbons (Fsp3) is 0.333. The molecule has 1 N–H and O–H groups in total. The molecule has 4 rings (SSSR count). The van der Waals surface area contributed by atoms with Gasteiger partial charge in [-0.25, -0.2) is 4.79 Å². The number of aromatic nitrogens is 2. The Morgan fingerprint density at radius 2 is 1.94 bits per heavy atom. The molecule has 0 fully saturated rings. The normalized spacial score (nSPS) is 13.4. The summed E-state index contributed by atoms with van der Waals surface area (Å²) in [6.07, 6.45) is 0.898. The lowest BCUT2D eigenvalue weighted by Gasteiger charge is -2.31. The molecule has 1 aliphatic rings. The van der Waals surface area contributed by atoms with Crippen LogP contribution in [-0.2, 0) is 24.1 Å². The Hall–Kier alpha value is -2.97. The highest BCUT2D eigenvalue weighted by molar-refractivity contribution is 7.15. The van der Waals surface area contributed by atoms with E-state index in [0.29, 0.717) is 41.6 Å². The number of halogens is 1. The predicted octanol–water partition coefficient (Wildman–Crippen LogP) is 5.33. The van der Waals surface area contributed by atoms with Crippen LogP contribution >= 0.6 is 22.9 Å². The Kier molecular flexibility index (Phi) is 6.67. The topological polar surface area (TPSA) is 84.4 Å². The second-order valence-electron chi connectivity index (χ2n) is 8.86. The van der Waals surface area contributed by atoms with Crippen LogP contribution in [0.5, 0.6) is 0 Å². The van der Waals surface area contributed by atoms with Crippen LogP contribution in [0, 0.1) is 0 Å². The molecule has 0 aliphatic carbocycles. The van der Waals surface area contributed by atoms with Crippen molar-refractivity contribution in [2.45, 2.75) is 45.8 Å². The fourth-order valence-corrected chi connectivity index (χ4v) is 4.49. The van der Waals surface area contributed by atoms with Gasteiger partial charge in [0.2, 0.25) is 5.13 Å². The highest BCUT2D eigenvalue weighted by atomic mass is 35.5. The third kappa shape index (κ3) is 5.89. The molecule has 1 aromatic heterocycles. The first-order valence-electron chi connectivity index (χ1n) is 10.6. The van der Waals surface area contributed by atoms with E-state index in [1.807, 2.05) is 57.2 Å². The zero-order valence-electron chi connectivity index (χ0n) is 18.7. The zero-order valence-corrected chi connectivity index (χ0v) is 20.3. The first kappa shape index (κ1) is 23.2. The van der Waals surface area contributed by atoms with Gasteiger partial charge in [0.15, 0.2) is 0 Å². The van der Waals surface area contributed by atoms with Crippen molar-refractivity contribution in [2.75, 3.05) is 11.9 Å². The molecule has 0 radical (unpaired) electrons. The number of carbonyl (C=O) groups is 2. The summed E-state index contributed by atoms with van der Waals surface area (Å²) in [7, 11) is 0. The Morgan fingerprint density at radius 3 is 2.70 bits per heavy atom. The molecule has 3 aromatic rings. The van der Waals surface area contributed by atoms with Crippen molar-refractivity contribution in [3.63, 3.8) is 0 Å². The minimum absolute atomic E-state index is 0.243. The van der Waals surface area contributed by atoms with Crippen LogP contribution in [0.1, 0.15) is 52.8 Å². The molecule has 2 heterocycles. The number of benzene rings is 2. The molecule has 0 atom stereocenters. The largest absolute Gasteiger partial charge is 0.444 e. The summed E-state index contributed by atoms with van der Waals surface area (Å²) in [4.78, 5) is 26.8. The molecule has 2 amide bonds. The van der Waals surface area contributed by atoms with Crippen molar-refractivity contribution in [1.82, 2.24) is 15.1 Å². The molecule has 172 valence electrons. The smallest absolute Gasteiger partial charge is 0.410 e. The molecule has 7 nitrogen and oxygen atoms in total. The number of amides is 2. The van der Waals surface area contributed by atoms with Gasteiger partial charge in [-0.3, -0.25) is 10.1 Å². The number of anilines is 1. The Balaban J connectivity index is 1.39. The predicted molar refractivity (Wildman–Crippen MR) is 129 cm³/mol. The molecule has 2 aromatic carbocycles. The van der Waals surface area contributed by atoms with Gasteiger partial charge in [0.05, 0.1) is 0 Å². The molecule has 0 unspecified atom stereocenters. The van der Waals surface area contributed by atoms with Gasteiger partial charge in [0.1, 0.15) is 10.6 Å². The van der Waals surface area contributed by atoms with Gasteiger partial charge in [-0.15, -0.1) is 10.2 Å². The summed E-state index contributed by atoms with van der Waals surface area (Å²) in [5.41, 5.74) is 3.04. The van der Waals surface area contributed by atoms with Crippen molar-refractivity contribution in [3.05, 3.63) is 74.7 Å². The number of fused-ring (bicyclic) bond motifs is 1. The van der Waals surface area contributed by atoms with Crippen LogP contribution < -0.4 is 5.32 Å². The molecule has 1 aliphatic heterocycles. The number of hydrogen-bond acceptors (Lipinski definition) is 6. The Bertz CT molecular complexity index is 1190. The van der Waals surface area contributed by atoms with Crippen LogP contribution in [-0.4, -0.2) is 39.2 Å². The summed E-state index contributed by atoms with van der Waals surface area (Å²) in [6.45, 7) is 6.57. The van der Waals surface area contributed by atoms with E-state index >= 15 is 0 Å². The van der Waals surface area contributed by atoms with Crippen molar-refractivity contribution >= 4 is 40.1 Å². The molecule has 0 saturated heterocycles. The summed E-state index contributed by atoms with van der Waals surface area (Å²) in [5, 5.41) is 13.0. The third-order valence-electron chi connectivity index (χ3n) is 5.12. The van der Waals surface area contributed by atoms with Gasteiger partial charge >= 0.3 is 6.09 Å². The number of nitrogens with zero attached hydrogens (tertiary/aromatic N) is 3. The summed E-state index contributed by atoms with van der Waals surface area (Å²) >= 11 is 7.54. The monoisotopic (exact) mass is 484 g/mol. The third-order valence-corrected chi connectivity index (χ3v) is 6.33. The van der Waals surface area contributed by atoms with Gasteiger partial charge in [0, 0.05) is 30.1 Å². The van der Waals surface area contributed by atoms with Crippen molar-refractivity contribution in [2.24, 2.45) is 0 Å². The van der Waals surface area contributed by atoms with Crippen LogP contribution in [0.4, 0.5) is 9.93 Å². The standard InChI is InChI=1S/C24H25ClN4O3S/c1-24(2,3)32-23(31)29-11-10-15-12-17(8-9-18(15)14-29)21(30)26-22-28-27-20(33-22)13-16-6-4-5-7-19(16)25/h4-9,12H,10-11,13-14H2,1-3H3,(H,26,28,30). The highest BCUT2D eigenvalue weighted by Crippen LogP contribution is 2.25. The summed E-state index contributed by atoms with van der Waals surface area (Å²) in [6, 6.07) is 13.1. The lowest BCUT2D eigenvalue weighted by molar-refractivity contribution is 0.0224. The van der Waals surface area contributed by atoms with Crippen molar-refractivity contribution in [3.8, 4) is 0 Å². The summed E-state index contributed by atoms with van der Waals surface area (Å²) in [5.74, 6) is -0.243. The van der Waals surface area contributed by atoms with Crippen LogP contribution in [0.15, 0.2) is 42.5 Å². The van der Waals surface area contributed by atoms with Gasteiger partial charge in [-0.05, 0) is 62.1 Å². The molecular weight excluding hydrogens is 460 g/mol. The SMILES string of the molecule is CC(C)(C)OC(=O)N1CCc2cc(C(=O)Nc3nnc(Cc4ccccc4Cl)s3)ccc2C1. The maximum Gasteiger partial charge on any atom is 0.410 e. The van der Waals surface area contributed by atoms with Gasteiger partial charge in [-0.1, -0.05) is 47.2 Å². The van der Waals surface area contributed by atoms with Crippen LogP contribution in [0.2, 0.25) is 5.02 Å². The van der Waals surface area contributed by atoms with E-state index in [1.54, 1.807) is 11.0 Å². The maximum absolute atomic E-state index is 12.8. The highest BCUT2D eigenvalue weighted by Gasteiger charge is 2.26. The number of nitrogens with one attached hydrogen (secondary N) is 1. The number of ether oxygens (including phenoxy) is 1. The van der Waals surface area contributed by atoms with Crippen LogP contribution in [0.25, 0.3) is 0 Å². The van der Waals surface area contributed by atoms with Gasteiger partial charge < -0.3 is 9.64 Å². The Labute approximate surface area is 201 Å². The molecule has 0 bridgehead atoms. The zero-order chi connectivity index (χ0) is 23.6. The quantitative estimate of drug-likeness (QED) is 0.541. The molecule has 33 heavy (non-hydrogen) atoms. The molecule has 0 spiro atoms. The number of rotatable bonds is 4. The lowest BCUT2D eigenvalue weighted by Crippen LogP contribution is -2.39. The van der Waals surface area contributed by atoms with E-state index in [9.17, 15) is 9.59 Å². The average molecular weight is 485 g/mol. The van der Waals surface area contributed by atoms with Crippen LogP contribution in [0.3, 0.4) is 0 Å². The number of hydrogen-bond donors (Lipinski definition) is 1. The first-order chi connectivity index (χ1) is 15.7. The fourth-order valence-electron chi connectivity index (χ4n) is 3.53. The lowest BCUT2D eigenvalue weighted by atomic mass is 9.97. The van der Waals surface area contributed by atoms with Crippen molar-refractivity contribution in [1.29, 1.82) is 0 Å². The molecule has 0 saturated carbocycles. The minimum atomic E-state index is -0.531. The maximum atomic E-state index is 12.8. The van der Waals surface area contributed by atoms with E-state index < -0.39 is 5.60 Å². The van der Waals surface area contributed by atoms with Gasteiger partial charge in [0.25, 0.3) is 5.91 Å². The van der Waals surface area contributed by atoms with E-state index in [1.165, 1.54) is 11.3 Å². The van der Waals surface area contributed by atoms with Crippen molar-refractivity contribution < 1.29 is 14.3 Å². The minimum Gasteiger partial charge on any atom is -0.444 e. The van der Waals surface area contributed by atoms with E-state index in [-0.39, 0.29) is 12.0 Å². The van der Waals surface area contributed by atoms with E-state index in [4.69, 9.17) is 16.3 Å². The van der Waals surface area contributed by atoms with E-state index in [0.717, 1.165) is 21.7 Å². The molecular formula is C24H25ClN4O3S. The molecule has 9 heteroatoms. The average Bonchev–Trinajstić information content (AvgIpc) is 3.20. The Morgan fingerprint density at radius 1 is 1.15 bits per heavy atom. The summed E-state index contributed by atoms with van der Waals surface area (Å²) < 4.78 is 5.47. The van der Waals surface area contributed by atoms with E-state index in [2.05, 4.69) is 15.5 Å². The second-order valence-corrected chi connectivity index (χ2v) is 10.3. The number of carbonyl (C=O) groups excluding carboxylic acids is 2. The first-order valence-corrected chi connectivity index (χ1v) is 11.8.